The minimum atomic E-state index is 0.0849. The van der Waals surface area contributed by atoms with Crippen molar-refractivity contribution in [3.8, 4) is 0 Å². The van der Waals surface area contributed by atoms with E-state index in [1.165, 1.54) is 0 Å². The second-order valence-electron chi connectivity index (χ2n) is 3.90. The van der Waals surface area contributed by atoms with E-state index in [2.05, 4.69) is 29.8 Å². The van der Waals surface area contributed by atoms with Crippen LogP contribution >= 0.6 is 27.5 Å². The van der Waals surface area contributed by atoms with Crippen LogP contribution in [0.3, 0.4) is 0 Å². The fourth-order valence-electron chi connectivity index (χ4n) is 1.44. The van der Waals surface area contributed by atoms with Gasteiger partial charge in [-0.05, 0) is 30.0 Å². The minimum absolute atomic E-state index is 0.0849. The van der Waals surface area contributed by atoms with E-state index in [1.54, 1.807) is 0 Å². The van der Waals surface area contributed by atoms with Crippen LogP contribution in [0.1, 0.15) is 31.9 Å². The maximum atomic E-state index is 6.07. The van der Waals surface area contributed by atoms with E-state index in [1.807, 2.05) is 18.2 Å². The molecule has 1 atom stereocenters. The van der Waals surface area contributed by atoms with Crippen LogP contribution in [-0.2, 0) is 0 Å². The second kappa shape index (κ2) is 5.15. The van der Waals surface area contributed by atoms with Gasteiger partial charge in [0.05, 0.1) is 0 Å². The van der Waals surface area contributed by atoms with Gasteiger partial charge in [0.25, 0.3) is 0 Å². The normalized spacial score (nSPS) is 13.3. The molecule has 0 amide bonds. The molecule has 3 heteroatoms. The van der Waals surface area contributed by atoms with E-state index >= 15 is 0 Å². The van der Waals surface area contributed by atoms with E-state index in [0.29, 0.717) is 5.92 Å². The van der Waals surface area contributed by atoms with Gasteiger partial charge in [-0.15, -0.1) is 0 Å². The first kappa shape index (κ1) is 12.0. The summed E-state index contributed by atoms with van der Waals surface area (Å²) in [6.07, 6.45) is 0.986. The van der Waals surface area contributed by atoms with Gasteiger partial charge in [0.2, 0.25) is 0 Å². The molecule has 1 nitrogen and oxygen atoms in total. The molecule has 0 radical (unpaired) electrons. The molecule has 0 fully saturated rings. The van der Waals surface area contributed by atoms with Crippen LogP contribution in [0.2, 0.25) is 5.02 Å². The topological polar surface area (TPSA) is 26.0 Å². The lowest BCUT2D eigenvalue weighted by Crippen LogP contribution is -2.13. The highest BCUT2D eigenvalue weighted by molar-refractivity contribution is 9.10. The number of hydrogen-bond donors (Lipinski definition) is 1. The molecule has 0 spiro atoms. The number of hydrogen-bond acceptors (Lipinski definition) is 1. The molecule has 0 bridgehead atoms. The molecular weight excluding hydrogens is 261 g/mol. The summed E-state index contributed by atoms with van der Waals surface area (Å²) in [5.41, 5.74) is 7.20. The third kappa shape index (κ3) is 3.26. The van der Waals surface area contributed by atoms with Gasteiger partial charge >= 0.3 is 0 Å². The van der Waals surface area contributed by atoms with E-state index in [9.17, 15) is 0 Å². The molecule has 0 saturated carbocycles. The second-order valence-corrected chi connectivity index (χ2v) is 5.19. The largest absolute Gasteiger partial charge is 0.324 e. The van der Waals surface area contributed by atoms with Crippen molar-refractivity contribution in [3.63, 3.8) is 0 Å². The molecule has 2 N–H and O–H groups in total. The standard InChI is InChI=1S/C11H15BrClN/c1-7(2)5-11(14)9-4-3-8(13)6-10(9)12/h3-4,6-7,11H,5,14H2,1-2H3/t11-/m1/s1. The van der Waals surface area contributed by atoms with Crippen molar-refractivity contribution in [1.29, 1.82) is 0 Å². The van der Waals surface area contributed by atoms with Gasteiger partial charge < -0.3 is 5.73 Å². The van der Waals surface area contributed by atoms with Crippen LogP contribution in [0.15, 0.2) is 22.7 Å². The fourth-order valence-corrected chi connectivity index (χ4v) is 2.41. The first-order valence-corrected chi connectivity index (χ1v) is 5.88. The zero-order chi connectivity index (χ0) is 10.7. The quantitative estimate of drug-likeness (QED) is 0.882. The van der Waals surface area contributed by atoms with Crippen LogP contribution in [0.4, 0.5) is 0 Å². The van der Waals surface area contributed by atoms with Gasteiger partial charge in [0, 0.05) is 15.5 Å². The van der Waals surface area contributed by atoms with E-state index < -0.39 is 0 Å². The van der Waals surface area contributed by atoms with Crippen molar-refractivity contribution in [3.05, 3.63) is 33.3 Å². The monoisotopic (exact) mass is 275 g/mol. The molecule has 0 aliphatic heterocycles. The SMILES string of the molecule is CC(C)C[C@@H](N)c1ccc(Cl)cc1Br. The van der Waals surface area contributed by atoms with Crippen LogP contribution in [0, 0.1) is 5.92 Å². The number of rotatable bonds is 3. The predicted molar refractivity (Wildman–Crippen MR) is 65.5 cm³/mol. The highest BCUT2D eigenvalue weighted by Crippen LogP contribution is 2.28. The summed E-state index contributed by atoms with van der Waals surface area (Å²) < 4.78 is 0.998. The summed E-state index contributed by atoms with van der Waals surface area (Å²) in [5, 5.41) is 0.734. The third-order valence-corrected chi connectivity index (χ3v) is 3.01. The Bertz CT molecular complexity index is 312. The van der Waals surface area contributed by atoms with Gasteiger partial charge in [-0.1, -0.05) is 47.4 Å². The summed E-state index contributed by atoms with van der Waals surface area (Å²) in [6.45, 7) is 4.34. The Morgan fingerprint density at radius 1 is 1.43 bits per heavy atom. The summed E-state index contributed by atoms with van der Waals surface area (Å²) in [5.74, 6) is 0.604. The Hall–Kier alpha value is -0.0500. The summed E-state index contributed by atoms with van der Waals surface area (Å²) in [6, 6.07) is 5.83. The Kier molecular flexibility index (Phi) is 4.42. The molecular formula is C11H15BrClN. The van der Waals surface area contributed by atoms with Gasteiger partial charge in [-0.2, -0.15) is 0 Å². The first-order chi connectivity index (χ1) is 6.50. The smallest absolute Gasteiger partial charge is 0.0417 e. The maximum absolute atomic E-state index is 6.07. The van der Waals surface area contributed by atoms with Crippen molar-refractivity contribution in [2.45, 2.75) is 26.3 Å². The fraction of sp³-hybridized carbons (Fsp3) is 0.455. The van der Waals surface area contributed by atoms with E-state index in [4.69, 9.17) is 17.3 Å². The Morgan fingerprint density at radius 2 is 2.07 bits per heavy atom. The van der Waals surface area contributed by atoms with Gasteiger partial charge in [0.15, 0.2) is 0 Å². The lowest BCUT2D eigenvalue weighted by Gasteiger charge is -2.16. The molecule has 0 heterocycles. The van der Waals surface area contributed by atoms with Crippen LogP contribution in [0.5, 0.6) is 0 Å². The van der Waals surface area contributed by atoms with Gasteiger partial charge in [0.1, 0.15) is 0 Å². The molecule has 0 aliphatic rings. The summed E-state index contributed by atoms with van der Waals surface area (Å²) >= 11 is 9.33. The molecule has 1 rings (SSSR count). The average molecular weight is 277 g/mol. The van der Waals surface area contributed by atoms with E-state index in [-0.39, 0.29) is 6.04 Å². The molecule has 78 valence electrons. The van der Waals surface area contributed by atoms with Crippen LogP contribution in [0.25, 0.3) is 0 Å². The highest BCUT2D eigenvalue weighted by Gasteiger charge is 2.11. The molecule has 14 heavy (non-hydrogen) atoms. The van der Waals surface area contributed by atoms with Gasteiger partial charge in [-0.3, -0.25) is 0 Å². The first-order valence-electron chi connectivity index (χ1n) is 4.71. The minimum Gasteiger partial charge on any atom is -0.324 e. The summed E-state index contributed by atoms with van der Waals surface area (Å²) in [4.78, 5) is 0. The summed E-state index contributed by atoms with van der Waals surface area (Å²) in [7, 11) is 0. The van der Waals surface area contributed by atoms with Crippen molar-refractivity contribution in [1.82, 2.24) is 0 Å². The van der Waals surface area contributed by atoms with Crippen molar-refractivity contribution >= 4 is 27.5 Å². The lowest BCUT2D eigenvalue weighted by atomic mass is 9.98. The third-order valence-electron chi connectivity index (χ3n) is 2.09. The van der Waals surface area contributed by atoms with Crippen molar-refractivity contribution in [2.24, 2.45) is 11.7 Å². The number of halogens is 2. The molecule has 1 aromatic rings. The lowest BCUT2D eigenvalue weighted by molar-refractivity contribution is 0.509. The van der Waals surface area contributed by atoms with Crippen molar-refractivity contribution in [2.75, 3.05) is 0 Å². The average Bonchev–Trinajstić information content (AvgIpc) is 2.01. The molecule has 0 unspecified atom stereocenters. The molecule has 0 aliphatic carbocycles. The maximum Gasteiger partial charge on any atom is 0.0417 e. The van der Waals surface area contributed by atoms with E-state index in [0.717, 1.165) is 21.5 Å². The van der Waals surface area contributed by atoms with Crippen LogP contribution < -0.4 is 5.73 Å². The zero-order valence-corrected chi connectivity index (χ0v) is 10.8. The zero-order valence-electron chi connectivity index (χ0n) is 8.43. The highest BCUT2D eigenvalue weighted by atomic mass is 79.9. The molecule has 0 aromatic heterocycles. The van der Waals surface area contributed by atoms with Crippen molar-refractivity contribution < 1.29 is 0 Å². The Balaban J connectivity index is 2.84. The Labute approximate surface area is 98.8 Å². The predicted octanol–water partition coefficient (Wildman–Crippen LogP) is 4.15. The Morgan fingerprint density at radius 3 is 2.57 bits per heavy atom. The molecule has 0 saturated heterocycles. The number of nitrogens with two attached hydrogens (primary N) is 1. The van der Waals surface area contributed by atoms with Crippen LogP contribution in [-0.4, -0.2) is 0 Å². The number of benzene rings is 1. The molecule has 1 aromatic carbocycles. The van der Waals surface area contributed by atoms with Gasteiger partial charge in [-0.25, -0.2) is 0 Å².